The molecule has 2 aliphatic rings. The average Bonchev–Trinajstić information content (AvgIpc) is 3.40. The van der Waals surface area contributed by atoms with E-state index in [0.717, 1.165) is 41.9 Å². The monoisotopic (exact) mass is 397 g/mol. The first-order chi connectivity index (χ1) is 14.4. The van der Waals surface area contributed by atoms with E-state index < -0.39 is 11.0 Å². The van der Waals surface area contributed by atoms with Gasteiger partial charge in [0.15, 0.2) is 5.78 Å². The van der Waals surface area contributed by atoms with Crippen LogP contribution in [0.25, 0.3) is 16.9 Å². The van der Waals surface area contributed by atoms with Crippen molar-refractivity contribution in [1.82, 2.24) is 9.38 Å². The maximum absolute atomic E-state index is 13.6. The van der Waals surface area contributed by atoms with Crippen molar-refractivity contribution in [3.63, 3.8) is 0 Å². The van der Waals surface area contributed by atoms with Gasteiger partial charge in [-0.25, -0.2) is 4.98 Å². The molecule has 0 saturated heterocycles. The largest absolute Gasteiger partial charge is 0.373 e. The summed E-state index contributed by atoms with van der Waals surface area (Å²) in [5, 5.41) is 3.61. The first kappa shape index (κ1) is 18.9. The van der Waals surface area contributed by atoms with E-state index in [9.17, 15) is 4.79 Å². The Labute approximate surface area is 177 Å². The van der Waals surface area contributed by atoms with Crippen LogP contribution in [0.5, 0.6) is 0 Å². The molecule has 1 aliphatic heterocycles. The van der Waals surface area contributed by atoms with Crippen LogP contribution in [0.2, 0.25) is 0 Å². The van der Waals surface area contributed by atoms with Crippen molar-refractivity contribution in [3.05, 3.63) is 53.3 Å². The Morgan fingerprint density at radius 2 is 2.00 bits per heavy atom. The molecule has 0 fully saturated rings. The lowest BCUT2D eigenvalue weighted by molar-refractivity contribution is -0.127. The number of aromatic nitrogens is 2. The Morgan fingerprint density at radius 1 is 1.20 bits per heavy atom. The van der Waals surface area contributed by atoms with Crippen LogP contribution in [0.3, 0.4) is 0 Å². The van der Waals surface area contributed by atoms with Gasteiger partial charge in [0.2, 0.25) is 0 Å². The molecule has 1 aromatic carbocycles. The lowest BCUT2D eigenvalue weighted by Crippen LogP contribution is -2.55. The number of fused-ring (bicyclic) bond motifs is 4. The van der Waals surface area contributed by atoms with Gasteiger partial charge in [-0.2, -0.15) is 0 Å². The van der Waals surface area contributed by atoms with Gasteiger partial charge in [-0.15, -0.1) is 11.8 Å². The summed E-state index contributed by atoms with van der Waals surface area (Å²) in [6.45, 7) is 7.91. The molecule has 1 N–H and O–H groups in total. The van der Waals surface area contributed by atoms with Gasteiger partial charge in [0.1, 0.15) is 5.65 Å². The second-order valence-corrected chi connectivity index (χ2v) is 9.24. The summed E-state index contributed by atoms with van der Waals surface area (Å²) in [6, 6.07) is 8.50. The fourth-order valence-corrected chi connectivity index (χ4v) is 5.38. The van der Waals surface area contributed by atoms with Crippen LogP contribution >= 0.6 is 0 Å². The van der Waals surface area contributed by atoms with Gasteiger partial charge >= 0.3 is 0 Å². The van der Waals surface area contributed by atoms with E-state index in [-0.39, 0.29) is 5.78 Å². The number of hydrogen-bond acceptors (Lipinski definition) is 3. The molecule has 4 heteroatoms. The lowest BCUT2D eigenvalue weighted by Gasteiger charge is -2.44. The standard InChI is InChI=1S/C26H27N3O/c1-5-6-13-26(4)20-16-19(21-11-8-12-22-27-14-15-29(21)22)17-9-7-10-18(17)23(20)28-25(2,3)24(26)30/h8,11-12,14-16,28H,7,9-10,13H2,1-4H3. The molecule has 30 heavy (non-hydrogen) atoms. The molecule has 0 bridgehead atoms. The predicted octanol–water partition coefficient (Wildman–Crippen LogP) is 4.93. The van der Waals surface area contributed by atoms with Crippen LogP contribution in [-0.2, 0) is 23.1 Å². The molecule has 5 rings (SSSR count). The first-order valence-electron chi connectivity index (χ1n) is 10.7. The van der Waals surface area contributed by atoms with Gasteiger partial charge < -0.3 is 5.32 Å². The van der Waals surface area contributed by atoms with Crippen molar-refractivity contribution in [2.24, 2.45) is 0 Å². The molecule has 1 atom stereocenters. The fraction of sp³-hybridized carbons (Fsp3) is 0.385. The zero-order valence-corrected chi connectivity index (χ0v) is 18.1. The van der Waals surface area contributed by atoms with Crippen molar-refractivity contribution in [2.75, 3.05) is 5.32 Å². The molecular formula is C26H27N3O. The molecule has 152 valence electrons. The van der Waals surface area contributed by atoms with E-state index in [1.807, 2.05) is 39.2 Å². The maximum atomic E-state index is 13.6. The number of carbonyl (C=O) groups excluding carboxylic acids is 1. The minimum absolute atomic E-state index is 0.204. The maximum Gasteiger partial charge on any atom is 0.168 e. The average molecular weight is 398 g/mol. The number of ketones is 1. The number of imidazole rings is 1. The van der Waals surface area contributed by atoms with Gasteiger partial charge in [0, 0.05) is 30.1 Å². The van der Waals surface area contributed by atoms with Gasteiger partial charge in [-0.1, -0.05) is 6.07 Å². The SMILES string of the molecule is CC#CCC1(C)C(=O)C(C)(C)Nc2c1cc(-c1cccc3nccn13)c1c2CCC1. The van der Waals surface area contributed by atoms with Crippen LogP contribution in [0.4, 0.5) is 5.69 Å². The Balaban J connectivity index is 1.83. The summed E-state index contributed by atoms with van der Waals surface area (Å²) in [5.74, 6) is 6.41. The zero-order chi connectivity index (χ0) is 21.1. The minimum Gasteiger partial charge on any atom is -0.373 e. The number of hydrogen-bond donors (Lipinski definition) is 1. The second-order valence-electron chi connectivity index (χ2n) is 9.24. The topological polar surface area (TPSA) is 46.4 Å². The van der Waals surface area contributed by atoms with Gasteiger partial charge in [0.25, 0.3) is 0 Å². The third-order valence-corrected chi connectivity index (χ3v) is 6.83. The van der Waals surface area contributed by atoms with Gasteiger partial charge in [0.05, 0.1) is 16.6 Å². The van der Waals surface area contributed by atoms with Crippen LogP contribution in [0.1, 0.15) is 57.2 Å². The second kappa shape index (κ2) is 6.47. The van der Waals surface area contributed by atoms with Crippen LogP contribution in [-0.4, -0.2) is 20.7 Å². The number of rotatable bonds is 2. The number of pyridine rings is 1. The van der Waals surface area contributed by atoms with Crippen molar-refractivity contribution >= 4 is 17.1 Å². The molecule has 0 amide bonds. The highest BCUT2D eigenvalue weighted by Gasteiger charge is 2.49. The molecule has 3 heterocycles. The first-order valence-corrected chi connectivity index (χ1v) is 10.7. The number of nitrogens with one attached hydrogen (secondary N) is 1. The van der Waals surface area contributed by atoms with Gasteiger partial charge in [-0.05, 0) is 81.8 Å². The highest BCUT2D eigenvalue weighted by Crippen LogP contribution is 2.49. The molecule has 0 radical (unpaired) electrons. The fourth-order valence-electron chi connectivity index (χ4n) is 5.38. The van der Waals surface area contributed by atoms with E-state index in [0.29, 0.717) is 6.42 Å². The Bertz CT molecular complexity index is 1250. The van der Waals surface area contributed by atoms with Crippen LogP contribution in [0, 0.1) is 11.8 Å². The predicted molar refractivity (Wildman–Crippen MR) is 121 cm³/mol. The summed E-state index contributed by atoms with van der Waals surface area (Å²) < 4.78 is 2.14. The number of nitrogens with zero attached hydrogens (tertiary/aromatic N) is 2. The number of Topliss-reactive ketones (excluding diaryl/α,β-unsaturated/α-hetero) is 1. The van der Waals surface area contributed by atoms with E-state index in [1.54, 1.807) is 0 Å². The van der Waals surface area contributed by atoms with Crippen LogP contribution < -0.4 is 5.32 Å². The molecular weight excluding hydrogens is 370 g/mol. The molecule has 0 saturated carbocycles. The summed E-state index contributed by atoms with van der Waals surface area (Å²) in [7, 11) is 0. The minimum atomic E-state index is -0.637. The molecule has 0 spiro atoms. The van der Waals surface area contributed by atoms with E-state index in [2.05, 4.69) is 51.7 Å². The molecule has 3 aromatic rings. The molecule has 1 unspecified atom stereocenters. The third-order valence-electron chi connectivity index (χ3n) is 6.83. The van der Waals surface area contributed by atoms with E-state index in [1.165, 1.54) is 16.7 Å². The van der Waals surface area contributed by atoms with Crippen LogP contribution in [0.15, 0.2) is 36.7 Å². The summed E-state index contributed by atoms with van der Waals surface area (Å²) in [4.78, 5) is 18.1. The normalized spacial score (nSPS) is 21.5. The Kier molecular flexibility index (Phi) is 4.08. The lowest BCUT2D eigenvalue weighted by atomic mass is 9.65. The highest BCUT2D eigenvalue weighted by atomic mass is 16.1. The third kappa shape index (κ3) is 2.55. The number of carbonyl (C=O) groups is 1. The summed E-state index contributed by atoms with van der Waals surface area (Å²) >= 11 is 0. The van der Waals surface area contributed by atoms with Crippen molar-refractivity contribution in [2.45, 2.75) is 64.3 Å². The smallest absolute Gasteiger partial charge is 0.168 e. The Morgan fingerprint density at radius 3 is 2.80 bits per heavy atom. The Hall–Kier alpha value is -3.06. The van der Waals surface area contributed by atoms with Gasteiger partial charge in [-0.3, -0.25) is 9.20 Å². The molecule has 2 aromatic heterocycles. The molecule has 1 aliphatic carbocycles. The summed E-state index contributed by atoms with van der Waals surface area (Å²) in [6.07, 6.45) is 7.63. The number of benzene rings is 1. The summed E-state index contributed by atoms with van der Waals surface area (Å²) in [5.41, 5.74) is 7.06. The van der Waals surface area contributed by atoms with E-state index >= 15 is 0 Å². The van der Waals surface area contributed by atoms with Crippen molar-refractivity contribution in [1.29, 1.82) is 0 Å². The molecule has 4 nitrogen and oxygen atoms in total. The van der Waals surface area contributed by atoms with Crippen molar-refractivity contribution in [3.8, 4) is 23.1 Å². The zero-order valence-electron chi connectivity index (χ0n) is 18.1. The van der Waals surface area contributed by atoms with Crippen molar-refractivity contribution < 1.29 is 4.79 Å². The highest BCUT2D eigenvalue weighted by molar-refractivity contribution is 6.04. The number of anilines is 1. The van der Waals surface area contributed by atoms with E-state index in [4.69, 9.17) is 0 Å². The quantitative estimate of drug-likeness (QED) is 0.624.